The van der Waals surface area contributed by atoms with Gasteiger partial charge in [-0.1, -0.05) is 29.8 Å². The van der Waals surface area contributed by atoms with Gasteiger partial charge in [-0.05, 0) is 55.0 Å². The Labute approximate surface area is 187 Å². The molecule has 0 saturated heterocycles. The third-order valence-electron chi connectivity index (χ3n) is 5.22. The first-order valence-corrected chi connectivity index (χ1v) is 10.6. The molecule has 32 heavy (non-hydrogen) atoms. The van der Waals surface area contributed by atoms with Crippen LogP contribution in [0.2, 0.25) is 0 Å². The summed E-state index contributed by atoms with van der Waals surface area (Å²) in [6.07, 6.45) is 3.94. The molecule has 0 radical (unpaired) electrons. The lowest BCUT2D eigenvalue weighted by Gasteiger charge is -2.09. The first kappa shape index (κ1) is 21.3. The smallest absolute Gasteiger partial charge is 0.224 e. The van der Waals surface area contributed by atoms with Crippen LogP contribution in [-0.2, 0) is 17.8 Å². The lowest BCUT2D eigenvalue weighted by atomic mass is 10.1. The molecule has 0 spiro atoms. The molecular formula is C26H26N4O2. The van der Waals surface area contributed by atoms with Crippen molar-refractivity contribution in [1.29, 1.82) is 0 Å². The van der Waals surface area contributed by atoms with E-state index in [9.17, 15) is 4.79 Å². The summed E-state index contributed by atoms with van der Waals surface area (Å²) in [5.74, 6) is 0.804. The van der Waals surface area contributed by atoms with Crippen LogP contribution in [-0.4, -0.2) is 34.3 Å². The van der Waals surface area contributed by atoms with Crippen molar-refractivity contribution in [2.45, 2.75) is 19.9 Å². The maximum atomic E-state index is 12.4. The molecule has 0 aliphatic heterocycles. The van der Waals surface area contributed by atoms with E-state index in [4.69, 9.17) is 9.84 Å². The number of nitrogens with one attached hydrogen (secondary N) is 1. The molecule has 6 heteroatoms. The van der Waals surface area contributed by atoms with Gasteiger partial charge in [0, 0.05) is 30.1 Å². The highest BCUT2D eigenvalue weighted by Crippen LogP contribution is 2.27. The van der Waals surface area contributed by atoms with Crippen molar-refractivity contribution in [2.24, 2.45) is 0 Å². The molecule has 2 aromatic carbocycles. The van der Waals surface area contributed by atoms with E-state index in [0.717, 1.165) is 39.4 Å². The number of carbonyl (C=O) groups is 1. The number of nitrogens with zero attached hydrogens (tertiary/aromatic N) is 3. The van der Waals surface area contributed by atoms with E-state index in [-0.39, 0.29) is 5.91 Å². The van der Waals surface area contributed by atoms with Gasteiger partial charge in [0.05, 0.1) is 31.5 Å². The maximum Gasteiger partial charge on any atom is 0.224 e. The number of rotatable bonds is 8. The Balaban J connectivity index is 1.49. The fraction of sp³-hybridized carbons (Fsp3) is 0.192. The summed E-state index contributed by atoms with van der Waals surface area (Å²) in [7, 11) is 1.65. The van der Waals surface area contributed by atoms with Crippen LogP contribution in [0.1, 0.15) is 11.1 Å². The number of hydrogen-bond acceptors (Lipinski definition) is 4. The van der Waals surface area contributed by atoms with E-state index >= 15 is 0 Å². The summed E-state index contributed by atoms with van der Waals surface area (Å²) in [6.45, 7) is 3.07. The van der Waals surface area contributed by atoms with E-state index in [1.165, 1.54) is 0 Å². The quantitative estimate of drug-likeness (QED) is 0.456. The number of carbonyl (C=O) groups excluding carboxylic acids is 1. The number of pyridine rings is 1. The number of benzene rings is 2. The highest BCUT2D eigenvalue weighted by molar-refractivity contribution is 5.78. The topological polar surface area (TPSA) is 69.0 Å². The fourth-order valence-corrected chi connectivity index (χ4v) is 3.61. The maximum absolute atomic E-state index is 12.4. The van der Waals surface area contributed by atoms with Gasteiger partial charge in [0.1, 0.15) is 5.75 Å². The third kappa shape index (κ3) is 5.21. The van der Waals surface area contributed by atoms with Crippen LogP contribution in [0.15, 0.2) is 79.1 Å². The van der Waals surface area contributed by atoms with Crippen LogP contribution in [0, 0.1) is 6.92 Å². The second-order valence-electron chi connectivity index (χ2n) is 7.62. The first-order chi connectivity index (χ1) is 15.6. The van der Waals surface area contributed by atoms with Crippen molar-refractivity contribution >= 4 is 5.91 Å². The summed E-state index contributed by atoms with van der Waals surface area (Å²) in [5.41, 5.74) is 5.96. The molecule has 0 bridgehead atoms. The molecule has 2 aromatic heterocycles. The van der Waals surface area contributed by atoms with Crippen molar-refractivity contribution in [2.75, 3.05) is 13.7 Å². The number of aryl methyl sites for hydroxylation is 1. The summed E-state index contributed by atoms with van der Waals surface area (Å²) < 4.78 is 7.17. The number of methoxy groups -OCH3 is 1. The Morgan fingerprint density at radius 1 is 1.03 bits per heavy atom. The van der Waals surface area contributed by atoms with Gasteiger partial charge in [-0.2, -0.15) is 5.10 Å². The van der Waals surface area contributed by atoms with Gasteiger partial charge in [-0.3, -0.25) is 14.5 Å². The zero-order chi connectivity index (χ0) is 22.3. The van der Waals surface area contributed by atoms with Crippen molar-refractivity contribution in [1.82, 2.24) is 20.1 Å². The predicted molar refractivity (Wildman–Crippen MR) is 125 cm³/mol. The van der Waals surface area contributed by atoms with Crippen molar-refractivity contribution in [3.63, 3.8) is 0 Å². The highest BCUT2D eigenvalue weighted by Gasteiger charge is 2.12. The lowest BCUT2D eigenvalue weighted by Crippen LogP contribution is -2.29. The van der Waals surface area contributed by atoms with E-state index in [2.05, 4.69) is 10.3 Å². The molecule has 4 rings (SSSR count). The normalized spacial score (nSPS) is 10.7. The molecule has 162 valence electrons. The molecule has 6 nitrogen and oxygen atoms in total. The zero-order valence-electron chi connectivity index (χ0n) is 18.3. The SMILES string of the molecule is COc1ccc(-c2cc(-c3cccnc3)n(CCNC(=O)Cc3cccc(C)c3)n2)cc1. The van der Waals surface area contributed by atoms with Gasteiger partial charge in [0.25, 0.3) is 0 Å². The molecule has 2 heterocycles. The molecule has 0 saturated carbocycles. The molecule has 0 fully saturated rings. The molecule has 1 N–H and O–H groups in total. The van der Waals surface area contributed by atoms with Crippen LogP contribution < -0.4 is 10.1 Å². The van der Waals surface area contributed by atoms with Crippen molar-refractivity contribution < 1.29 is 9.53 Å². The fourth-order valence-electron chi connectivity index (χ4n) is 3.61. The van der Waals surface area contributed by atoms with Crippen molar-refractivity contribution in [3.05, 3.63) is 90.3 Å². The zero-order valence-corrected chi connectivity index (χ0v) is 18.3. The van der Waals surface area contributed by atoms with Gasteiger partial charge in [0.2, 0.25) is 5.91 Å². The molecule has 1 amide bonds. The Kier molecular flexibility index (Phi) is 6.60. The van der Waals surface area contributed by atoms with E-state index in [1.807, 2.05) is 84.5 Å². The van der Waals surface area contributed by atoms with Crippen LogP contribution >= 0.6 is 0 Å². The van der Waals surface area contributed by atoms with Gasteiger partial charge >= 0.3 is 0 Å². The van der Waals surface area contributed by atoms with Gasteiger partial charge in [-0.25, -0.2) is 0 Å². The predicted octanol–water partition coefficient (Wildman–Crippen LogP) is 4.29. The van der Waals surface area contributed by atoms with Gasteiger partial charge < -0.3 is 10.1 Å². The van der Waals surface area contributed by atoms with Crippen LogP contribution in [0.3, 0.4) is 0 Å². The average Bonchev–Trinajstić information content (AvgIpc) is 3.24. The standard InChI is InChI=1S/C26H26N4O2/c1-19-5-3-6-20(15-19)16-26(31)28-13-14-30-25(22-7-4-12-27-18-22)17-24(29-30)21-8-10-23(32-2)11-9-21/h3-12,15,17-18H,13-14,16H2,1-2H3,(H,28,31). The minimum absolute atomic E-state index is 0.000983. The van der Waals surface area contributed by atoms with E-state index < -0.39 is 0 Å². The largest absolute Gasteiger partial charge is 0.497 e. The van der Waals surface area contributed by atoms with E-state index in [0.29, 0.717) is 19.5 Å². The van der Waals surface area contributed by atoms with Crippen LogP contribution in [0.5, 0.6) is 5.75 Å². The van der Waals surface area contributed by atoms with Crippen molar-refractivity contribution in [3.8, 4) is 28.3 Å². The Morgan fingerprint density at radius 3 is 2.59 bits per heavy atom. The summed E-state index contributed by atoms with van der Waals surface area (Å²) in [4.78, 5) is 16.6. The minimum atomic E-state index is 0.000983. The first-order valence-electron chi connectivity index (χ1n) is 10.6. The number of hydrogen-bond donors (Lipinski definition) is 1. The molecule has 4 aromatic rings. The summed E-state index contributed by atoms with van der Waals surface area (Å²) >= 11 is 0. The van der Waals surface area contributed by atoms with Gasteiger partial charge in [0.15, 0.2) is 0 Å². The molecule has 0 aliphatic rings. The van der Waals surface area contributed by atoms with E-state index in [1.54, 1.807) is 13.3 Å². The Morgan fingerprint density at radius 2 is 1.88 bits per heavy atom. The molecule has 0 unspecified atom stereocenters. The Hall–Kier alpha value is -3.93. The monoisotopic (exact) mass is 426 g/mol. The second-order valence-corrected chi connectivity index (χ2v) is 7.62. The summed E-state index contributed by atoms with van der Waals surface area (Å²) in [6, 6.07) is 21.8. The number of ether oxygens (including phenoxy) is 1. The number of amides is 1. The minimum Gasteiger partial charge on any atom is -0.497 e. The lowest BCUT2D eigenvalue weighted by molar-refractivity contribution is -0.120. The summed E-state index contributed by atoms with van der Waals surface area (Å²) in [5, 5.41) is 7.81. The molecular weight excluding hydrogens is 400 g/mol. The number of aromatic nitrogens is 3. The van der Waals surface area contributed by atoms with Gasteiger partial charge in [-0.15, -0.1) is 0 Å². The third-order valence-corrected chi connectivity index (χ3v) is 5.22. The second kappa shape index (κ2) is 9.92. The Bertz CT molecular complexity index is 1180. The highest BCUT2D eigenvalue weighted by atomic mass is 16.5. The van der Waals surface area contributed by atoms with Crippen LogP contribution in [0.4, 0.5) is 0 Å². The molecule has 0 aliphatic carbocycles. The molecule has 0 atom stereocenters. The van der Waals surface area contributed by atoms with Crippen LogP contribution in [0.25, 0.3) is 22.5 Å². The average molecular weight is 427 g/mol.